The van der Waals surface area contributed by atoms with E-state index in [1.807, 2.05) is 11.8 Å². The average molecular weight is 256 g/mol. The molecule has 1 saturated heterocycles. The summed E-state index contributed by atoms with van der Waals surface area (Å²) in [4.78, 5) is 27.1. The molecule has 1 unspecified atom stereocenters. The van der Waals surface area contributed by atoms with Gasteiger partial charge in [0.1, 0.15) is 0 Å². The molecular weight excluding hydrogens is 232 g/mol. The SMILES string of the molecule is CC1C(=O)NCCN1CCC(=O)N(C)CCCN. The standard InChI is InChI=1S/C12H24N4O2/c1-10-12(18)14-6-9-16(10)8-4-11(17)15(2)7-3-5-13/h10H,3-9,13H2,1-2H3,(H,14,18). The van der Waals surface area contributed by atoms with E-state index in [0.717, 1.165) is 13.0 Å². The van der Waals surface area contributed by atoms with E-state index in [2.05, 4.69) is 5.32 Å². The molecule has 6 nitrogen and oxygen atoms in total. The fourth-order valence-electron chi connectivity index (χ4n) is 2.02. The van der Waals surface area contributed by atoms with Crippen LogP contribution in [0.2, 0.25) is 0 Å². The van der Waals surface area contributed by atoms with Gasteiger partial charge < -0.3 is 16.0 Å². The van der Waals surface area contributed by atoms with E-state index in [4.69, 9.17) is 5.73 Å². The Labute approximate surface area is 108 Å². The maximum Gasteiger partial charge on any atom is 0.237 e. The molecule has 0 spiro atoms. The minimum Gasteiger partial charge on any atom is -0.353 e. The maximum atomic E-state index is 11.8. The number of carbonyl (C=O) groups is 2. The van der Waals surface area contributed by atoms with Gasteiger partial charge in [0, 0.05) is 39.6 Å². The van der Waals surface area contributed by atoms with E-state index in [-0.39, 0.29) is 17.9 Å². The molecule has 1 aliphatic rings. The lowest BCUT2D eigenvalue weighted by Crippen LogP contribution is -2.54. The molecule has 0 aromatic heterocycles. The van der Waals surface area contributed by atoms with Gasteiger partial charge in [-0.3, -0.25) is 14.5 Å². The summed E-state index contributed by atoms with van der Waals surface area (Å²) in [6.07, 6.45) is 1.28. The average Bonchev–Trinajstić information content (AvgIpc) is 2.37. The van der Waals surface area contributed by atoms with Crippen molar-refractivity contribution in [2.24, 2.45) is 5.73 Å². The third kappa shape index (κ3) is 4.27. The molecule has 1 fully saturated rings. The zero-order valence-electron chi connectivity index (χ0n) is 11.3. The zero-order chi connectivity index (χ0) is 13.5. The second-order valence-corrected chi connectivity index (χ2v) is 4.71. The van der Waals surface area contributed by atoms with Gasteiger partial charge in [-0.25, -0.2) is 0 Å². The van der Waals surface area contributed by atoms with Crippen molar-refractivity contribution in [1.82, 2.24) is 15.1 Å². The van der Waals surface area contributed by atoms with Crippen LogP contribution in [0.3, 0.4) is 0 Å². The Morgan fingerprint density at radius 3 is 3.00 bits per heavy atom. The molecule has 0 aromatic carbocycles. The first-order valence-electron chi connectivity index (χ1n) is 6.52. The first-order chi connectivity index (χ1) is 8.56. The molecule has 6 heteroatoms. The molecule has 1 atom stereocenters. The Kier molecular flexibility index (Phi) is 6.07. The molecule has 104 valence electrons. The third-order valence-electron chi connectivity index (χ3n) is 3.36. The zero-order valence-corrected chi connectivity index (χ0v) is 11.3. The summed E-state index contributed by atoms with van der Waals surface area (Å²) in [6.45, 7) is 5.29. The molecule has 0 aliphatic carbocycles. The van der Waals surface area contributed by atoms with E-state index >= 15 is 0 Å². The van der Waals surface area contributed by atoms with Crippen molar-refractivity contribution in [3.63, 3.8) is 0 Å². The summed E-state index contributed by atoms with van der Waals surface area (Å²) in [5, 5.41) is 2.81. The van der Waals surface area contributed by atoms with Crippen LogP contribution < -0.4 is 11.1 Å². The number of piperazine rings is 1. The minimum atomic E-state index is -0.138. The minimum absolute atomic E-state index is 0.0465. The van der Waals surface area contributed by atoms with Gasteiger partial charge in [0.05, 0.1) is 6.04 Å². The van der Waals surface area contributed by atoms with Gasteiger partial charge in [-0.05, 0) is 19.9 Å². The van der Waals surface area contributed by atoms with Gasteiger partial charge in [0.2, 0.25) is 11.8 Å². The van der Waals surface area contributed by atoms with E-state index in [1.54, 1.807) is 11.9 Å². The van der Waals surface area contributed by atoms with Gasteiger partial charge in [0.25, 0.3) is 0 Å². The van der Waals surface area contributed by atoms with Gasteiger partial charge in [-0.1, -0.05) is 0 Å². The number of nitrogens with one attached hydrogen (secondary N) is 1. The van der Waals surface area contributed by atoms with E-state index in [0.29, 0.717) is 32.6 Å². The first-order valence-corrected chi connectivity index (χ1v) is 6.52. The number of hydrogen-bond donors (Lipinski definition) is 2. The molecule has 2 amide bonds. The third-order valence-corrected chi connectivity index (χ3v) is 3.36. The van der Waals surface area contributed by atoms with Gasteiger partial charge in [-0.2, -0.15) is 0 Å². The first kappa shape index (κ1) is 14.9. The van der Waals surface area contributed by atoms with Crippen molar-refractivity contribution < 1.29 is 9.59 Å². The highest BCUT2D eigenvalue weighted by Crippen LogP contribution is 2.05. The topological polar surface area (TPSA) is 78.7 Å². The monoisotopic (exact) mass is 256 g/mol. The fraction of sp³-hybridized carbons (Fsp3) is 0.833. The molecule has 0 bridgehead atoms. The number of amides is 2. The van der Waals surface area contributed by atoms with Crippen molar-refractivity contribution in [3.05, 3.63) is 0 Å². The van der Waals surface area contributed by atoms with Crippen LogP contribution in [0.1, 0.15) is 19.8 Å². The van der Waals surface area contributed by atoms with E-state index < -0.39 is 0 Å². The van der Waals surface area contributed by atoms with Crippen molar-refractivity contribution in [2.45, 2.75) is 25.8 Å². The van der Waals surface area contributed by atoms with Crippen LogP contribution in [0, 0.1) is 0 Å². The van der Waals surface area contributed by atoms with Crippen LogP contribution >= 0.6 is 0 Å². The highest BCUT2D eigenvalue weighted by atomic mass is 16.2. The fourth-order valence-corrected chi connectivity index (χ4v) is 2.02. The predicted octanol–water partition coefficient (Wildman–Crippen LogP) is -0.996. The quantitative estimate of drug-likeness (QED) is 0.639. The molecule has 3 N–H and O–H groups in total. The second-order valence-electron chi connectivity index (χ2n) is 4.71. The number of rotatable bonds is 6. The predicted molar refractivity (Wildman–Crippen MR) is 70.0 cm³/mol. The van der Waals surface area contributed by atoms with Crippen LogP contribution in [0.4, 0.5) is 0 Å². The molecular formula is C12H24N4O2. The maximum absolute atomic E-state index is 11.8. The summed E-state index contributed by atoms with van der Waals surface area (Å²) in [7, 11) is 1.80. The Balaban J connectivity index is 2.31. The summed E-state index contributed by atoms with van der Waals surface area (Å²) in [5.74, 6) is 0.159. The molecule has 1 heterocycles. The van der Waals surface area contributed by atoms with Gasteiger partial charge in [-0.15, -0.1) is 0 Å². The molecule has 0 saturated carbocycles. The number of carbonyl (C=O) groups excluding carboxylic acids is 2. The number of nitrogens with two attached hydrogens (primary N) is 1. The molecule has 18 heavy (non-hydrogen) atoms. The second kappa shape index (κ2) is 7.33. The highest BCUT2D eigenvalue weighted by Gasteiger charge is 2.25. The molecule has 0 radical (unpaired) electrons. The Bertz CT molecular complexity index is 296. The van der Waals surface area contributed by atoms with Gasteiger partial charge >= 0.3 is 0 Å². The smallest absolute Gasteiger partial charge is 0.237 e. The van der Waals surface area contributed by atoms with Crippen LogP contribution in [0.5, 0.6) is 0 Å². The molecule has 1 rings (SSSR count). The summed E-state index contributed by atoms with van der Waals surface area (Å²) >= 11 is 0. The highest BCUT2D eigenvalue weighted by molar-refractivity contribution is 5.82. The normalized spacial score (nSPS) is 20.6. The Hall–Kier alpha value is -1.14. The lowest BCUT2D eigenvalue weighted by molar-refractivity contribution is -0.133. The van der Waals surface area contributed by atoms with Crippen LogP contribution in [-0.2, 0) is 9.59 Å². The van der Waals surface area contributed by atoms with Crippen LogP contribution in [0.15, 0.2) is 0 Å². The van der Waals surface area contributed by atoms with Crippen LogP contribution in [-0.4, -0.2) is 67.4 Å². The Morgan fingerprint density at radius 1 is 1.61 bits per heavy atom. The molecule has 0 aromatic rings. The van der Waals surface area contributed by atoms with E-state index in [9.17, 15) is 9.59 Å². The van der Waals surface area contributed by atoms with Crippen molar-refractivity contribution in [3.8, 4) is 0 Å². The largest absolute Gasteiger partial charge is 0.353 e. The number of hydrogen-bond acceptors (Lipinski definition) is 4. The molecule has 1 aliphatic heterocycles. The summed E-state index contributed by atoms with van der Waals surface area (Å²) in [6, 6.07) is -0.138. The van der Waals surface area contributed by atoms with Gasteiger partial charge in [0.15, 0.2) is 0 Å². The summed E-state index contributed by atoms with van der Waals surface area (Å²) in [5.41, 5.74) is 5.41. The van der Waals surface area contributed by atoms with E-state index in [1.165, 1.54) is 0 Å². The van der Waals surface area contributed by atoms with Crippen LogP contribution in [0.25, 0.3) is 0 Å². The van der Waals surface area contributed by atoms with Crippen molar-refractivity contribution in [2.75, 3.05) is 39.8 Å². The lowest BCUT2D eigenvalue weighted by Gasteiger charge is -2.32. The van der Waals surface area contributed by atoms with Crippen molar-refractivity contribution in [1.29, 1.82) is 0 Å². The lowest BCUT2D eigenvalue weighted by atomic mass is 10.2. The van der Waals surface area contributed by atoms with Crippen molar-refractivity contribution >= 4 is 11.8 Å². The Morgan fingerprint density at radius 2 is 2.33 bits per heavy atom. The summed E-state index contributed by atoms with van der Waals surface area (Å²) < 4.78 is 0. The number of nitrogens with zero attached hydrogens (tertiary/aromatic N) is 2.